The summed E-state index contributed by atoms with van der Waals surface area (Å²) in [5.74, 6) is -1.84. The zero-order valence-electron chi connectivity index (χ0n) is 12.9. The van der Waals surface area contributed by atoms with Crippen LogP contribution in [0.2, 0.25) is 0 Å². The largest absolute Gasteiger partial charge is 0.493 e. The molecular formula is C14H21NO7. The van der Waals surface area contributed by atoms with Crippen molar-refractivity contribution < 1.29 is 33.3 Å². The molecule has 0 aliphatic carbocycles. The molecule has 0 fully saturated rings. The lowest BCUT2D eigenvalue weighted by atomic mass is 10.0. The summed E-state index contributed by atoms with van der Waals surface area (Å²) in [6, 6.07) is -0.773. The minimum absolute atomic E-state index is 0.0919. The summed E-state index contributed by atoms with van der Waals surface area (Å²) in [7, 11) is 1.24. The van der Waals surface area contributed by atoms with Gasteiger partial charge in [0.05, 0.1) is 7.11 Å². The highest BCUT2D eigenvalue weighted by molar-refractivity contribution is 5.90. The first-order valence-electron chi connectivity index (χ1n) is 6.93. The minimum atomic E-state index is -0.798. The molecule has 8 nitrogen and oxygen atoms in total. The maximum Gasteiger partial charge on any atom is 0.377 e. The Labute approximate surface area is 128 Å². The smallest absolute Gasteiger partial charge is 0.377 e. The molecule has 124 valence electrons. The van der Waals surface area contributed by atoms with Crippen molar-refractivity contribution in [2.75, 3.05) is 26.9 Å². The van der Waals surface area contributed by atoms with Crippen LogP contribution in [-0.2, 0) is 33.3 Å². The highest BCUT2D eigenvalue weighted by Crippen LogP contribution is 2.07. The van der Waals surface area contributed by atoms with E-state index in [0.29, 0.717) is 13.0 Å². The third kappa shape index (κ3) is 6.02. The van der Waals surface area contributed by atoms with Crippen LogP contribution in [0.15, 0.2) is 12.0 Å². The number of carbonyl (C=O) groups is 3. The molecule has 0 aromatic carbocycles. The topological polar surface area (TPSA) is 100 Å². The Morgan fingerprint density at radius 3 is 2.59 bits per heavy atom. The predicted molar refractivity (Wildman–Crippen MR) is 74.3 cm³/mol. The monoisotopic (exact) mass is 315 g/mol. The van der Waals surface area contributed by atoms with E-state index in [-0.39, 0.29) is 18.3 Å². The number of carbonyl (C=O) groups excluding carboxylic acids is 3. The SMILES string of the molecule is COC(=O)[C@H](CC(C)C)NC(=O)COC(=O)C1=COCCO1. The lowest BCUT2D eigenvalue weighted by molar-refractivity contribution is -0.151. The number of rotatable bonds is 7. The lowest BCUT2D eigenvalue weighted by Crippen LogP contribution is -2.44. The van der Waals surface area contributed by atoms with Gasteiger partial charge in [0.2, 0.25) is 5.76 Å². The van der Waals surface area contributed by atoms with Crippen molar-refractivity contribution in [3.63, 3.8) is 0 Å². The molecule has 8 heteroatoms. The van der Waals surface area contributed by atoms with Gasteiger partial charge in [0.15, 0.2) is 6.61 Å². The van der Waals surface area contributed by atoms with Gasteiger partial charge in [0.1, 0.15) is 25.5 Å². The number of amides is 1. The molecule has 1 aliphatic heterocycles. The Morgan fingerprint density at radius 1 is 1.32 bits per heavy atom. The molecule has 0 bridgehead atoms. The van der Waals surface area contributed by atoms with Crippen LogP contribution in [0.3, 0.4) is 0 Å². The van der Waals surface area contributed by atoms with Gasteiger partial charge in [-0.15, -0.1) is 0 Å². The van der Waals surface area contributed by atoms with Crippen molar-refractivity contribution in [2.45, 2.75) is 26.3 Å². The van der Waals surface area contributed by atoms with E-state index in [0.717, 1.165) is 6.26 Å². The van der Waals surface area contributed by atoms with Crippen molar-refractivity contribution in [3.8, 4) is 0 Å². The van der Waals surface area contributed by atoms with Crippen LogP contribution in [0.1, 0.15) is 20.3 Å². The van der Waals surface area contributed by atoms with Crippen LogP contribution in [-0.4, -0.2) is 50.8 Å². The summed E-state index contributed by atoms with van der Waals surface area (Å²) >= 11 is 0. The Kier molecular flexibility index (Phi) is 7.21. The van der Waals surface area contributed by atoms with Crippen LogP contribution in [0.25, 0.3) is 0 Å². The summed E-state index contributed by atoms with van der Waals surface area (Å²) in [5.41, 5.74) is 0. The Morgan fingerprint density at radius 2 is 2.05 bits per heavy atom. The van der Waals surface area contributed by atoms with Gasteiger partial charge in [-0.2, -0.15) is 0 Å². The first kappa shape index (κ1) is 17.8. The maximum atomic E-state index is 11.8. The van der Waals surface area contributed by atoms with E-state index >= 15 is 0 Å². The van der Waals surface area contributed by atoms with Crippen LogP contribution < -0.4 is 5.32 Å². The van der Waals surface area contributed by atoms with E-state index in [1.165, 1.54) is 7.11 Å². The number of hydrogen-bond acceptors (Lipinski definition) is 7. The standard InChI is InChI=1S/C14H21NO7/c1-9(2)6-10(13(17)19-3)15-12(16)8-22-14(18)11-7-20-4-5-21-11/h7,9-10H,4-6,8H2,1-3H3,(H,15,16)/t10-/m0/s1. The number of methoxy groups -OCH3 is 1. The molecule has 1 heterocycles. The first-order valence-corrected chi connectivity index (χ1v) is 6.93. The third-order valence-electron chi connectivity index (χ3n) is 2.71. The molecule has 0 spiro atoms. The van der Waals surface area contributed by atoms with Gasteiger partial charge in [0.25, 0.3) is 5.91 Å². The van der Waals surface area contributed by atoms with Crippen molar-refractivity contribution in [1.82, 2.24) is 5.32 Å². The molecule has 1 rings (SSSR count). The fourth-order valence-electron chi connectivity index (χ4n) is 1.74. The van der Waals surface area contributed by atoms with E-state index in [4.69, 9.17) is 14.2 Å². The number of nitrogens with one attached hydrogen (secondary N) is 1. The zero-order chi connectivity index (χ0) is 16.5. The predicted octanol–water partition coefficient (Wildman–Crippen LogP) is 0.122. The molecule has 0 saturated carbocycles. The fourth-order valence-corrected chi connectivity index (χ4v) is 1.74. The number of ether oxygens (including phenoxy) is 4. The minimum Gasteiger partial charge on any atom is -0.493 e. The number of esters is 2. The third-order valence-corrected chi connectivity index (χ3v) is 2.71. The first-order chi connectivity index (χ1) is 10.4. The van der Waals surface area contributed by atoms with E-state index in [2.05, 4.69) is 10.1 Å². The van der Waals surface area contributed by atoms with Gasteiger partial charge in [-0.05, 0) is 12.3 Å². The molecule has 1 N–H and O–H groups in total. The van der Waals surface area contributed by atoms with Gasteiger partial charge in [-0.25, -0.2) is 9.59 Å². The second-order valence-electron chi connectivity index (χ2n) is 5.05. The Balaban J connectivity index is 2.44. The second-order valence-corrected chi connectivity index (χ2v) is 5.05. The summed E-state index contributed by atoms with van der Waals surface area (Å²) < 4.78 is 19.3. The van der Waals surface area contributed by atoms with Gasteiger partial charge >= 0.3 is 11.9 Å². The molecular weight excluding hydrogens is 294 g/mol. The average Bonchev–Trinajstić information content (AvgIpc) is 2.51. The van der Waals surface area contributed by atoms with Crippen molar-refractivity contribution >= 4 is 17.8 Å². The molecule has 1 atom stereocenters. The molecule has 1 aliphatic rings. The number of hydrogen-bond donors (Lipinski definition) is 1. The Hall–Kier alpha value is -2.25. The molecule has 0 aromatic rings. The van der Waals surface area contributed by atoms with E-state index < -0.39 is 30.5 Å². The maximum absolute atomic E-state index is 11.8. The highest BCUT2D eigenvalue weighted by atomic mass is 16.6. The van der Waals surface area contributed by atoms with E-state index in [1.807, 2.05) is 13.8 Å². The molecule has 0 unspecified atom stereocenters. The van der Waals surface area contributed by atoms with Gasteiger partial charge in [-0.3, -0.25) is 4.79 Å². The van der Waals surface area contributed by atoms with Crippen LogP contribution in [0, 0.1) is 5.92 Å². The molecule has 0 aromatic heterocycles. The van der Waals surface area contributed by atoms with Crippen molar-refractivity contribution in [3.05, 3.63) is 12.0 Å². The van der Waals surface area contributed by atoms with Gasteiger partial charge in [0, 0.05) is 0 Å². The fraction of sp³-hybridized carbons (Fsp3) is 0.643. The highest BCUT2D eigenvalue weighted by Gasteiger charge is 2.24. The normalized spacial score (nSPS) is 15.0. The summed E-state index contributed by atoms with van der Waals surface area (Å²) in [6.07, 6.45) is 1.56. The van der Waals surface area contributed by atoms with Crippen LogP contribution in [0.4, 0.5) is 0 Å². The lowest BCUT2D eigenvalue weighted by Gasteiger charge is -2.18. The van der Waals surface area contributed by atoms with Crippen LogP contribution in [0.5, 0.6) is 0 Å². The van der Waals surface area contributed by atoms with E-state index in [1.54, 1.807) is 0 Å². The average molecular weight is 315 g/mol. The van der Waals surface area contributed by atoms with Gasteiger partial charge in [-0.1, -0.05) is 13.8 Å². The van der Waals surface area contributed by atoms with Crippen LogP contribution >= 0.6 is 0 Å². The molecule has 1 amide bonds. The van der Waals surface area contributed by atoms with Crippen molar-refractivity contribution in [2.24, 2.45) is 5.92 Å². The van der Waals surface area contributed by atoms with Crippen molar-refractivity contribution in [1.29, 1.82) is 0 Å². The summed E-state index contributed by atoms with van der Waals surface area (Å²) in [4.78, 5) is 34.9. The zero-order valence-corrected chi connectivity index (χ0v) is 12.9. The summed E-state index contributed by atoms with van der Waals surface area (Å²) in [5, 5.41) is 2.48. The quantitative estimate of drug-likeness (QED) is 0.666. The van der Waals surface area contributed by atoms with Gasteiger partial charge < -0.3 is 24.3 Å². The molecule has 0 radical (unpaired) electrons. The summed E-state index contributed by atoms with van der Waals surface area (Å²) in [6.45, 7) is 3.90. The molecule has 22 heavy (non-hydrogen) atoms. The Bertz CT molecular complexity index is 444. The second kappa shape index (κ2) is 8.91. The van der Waals surface area contributed by atoms with E-state index in [9.17, 15) is 14.4 Å². The molecule has 0 saturated heterocycles.